The van der Waals surface area contributed by atoms with Crippen molar-refractivity contribution in [1.29, 1.82) is 0 Å². The maximum atomic E-state index is 13.2. The van der Waals surface area contributed by atoms with Crippen LogP contribution in [-0.4, -0.2) is 24.3 Å². The number of halogens is 1. The van der Waals surface area contributed by atoms with Crippen molar-refractivity contribution < 1.29 is 0 Å². The van der Waals surface area contributed by atoms with Gasteiger partial charge in [0.2, 0.25) is 0 Å². The summed E-state index contributed by atoms with van der Waals surface area (Å²) in [5, 5.41) is 7.23. The van der Waals surface area contributed by atoms with E-state index in [2.05, 4.69) is 15.1 Å². The van der Waals surface area contributed by atoms with E-state index < -0.39 is 0 Å². The van der Waals surface area contributed by atoms with E-state index in [4.69, 9.17) is 17.3 Å². The van der Waals surface area contributed by atoms with Crippen LogP contribution in [0, 0.1) is 6.92 Å². The Bertz CT molecular complexity index is 1270. The summed E-state index contributed by atoms with van der Waals surface area (Å²) in [4.78, 5) is 21.6. The van der Waals surface area contributed by atoms with Crippen LogP contribution in [0.3, 0.4) is 0 Å². The number of nitrogens with zero attached hydrogens (tertiary/aromatic N) is 5. The summed E-state index contributed by atoms with van der Waals surface area (Å²) in [6.07, 6.45) is 3.43. The van der Waals surface area contributed by atoms with Crippen LogP contribution in [-0.2, 0) is 6.54 Å². The summed E-state index contributed by atoms with van der Waals surface area (Å²) >= 11 is 6.31. The van der Waals surface area contributed by atoms with E-state index in [0.717, 1.165) is 35.0 Å². The molecule has 0 amide bonds. The molecule has 0 saturated heterocycles. The average molecular weight is 381 g/mol. The number of fused-ring (bicyclic) bond motifs is 2. The van der Waals surface area contributed by atoms with Crippen molar-refractivity contribution in [3.63, 3.8) is 0 Å². The highest BCUT2D eigenvalue weighted by molar-refractivity contribution is 6.35. The largest absolute Gasteiger partial charge is 0.383 e. The molecule has 27 heavy (non-hydrogen) atoms. The predicted octanol–water partition coefficient (Wildman–Crippen LogP) is 3.07. The molecule has 0 spiro atoms. The maximum absolute atomic E-state index is 13.2. The number of rotatable bonds is 3. The number of aromatic nitrogens is 5. The van der Waals surface area contributed by atoms with E-state index in [1.165, 1.54) is 6.33 Å². The molecule has 1 aliphatic carbocycles. The Balaban J connectivity index is 1.74. The van der Waals surface area contributed by atoms with E-state index in [-0.39, 0.29) is 11.6 Å². The van der Waals surface area contributed by atoms with Gasteiger partial charge in [0.25, 0.3) is 5.56 Å². The molecule has 8 heteroatoms. The molecule has 0 unspecified atom stereocenters. The molecule has 4 aromatic rings. The average Bonchev–Trinajstić information content (AvgIpc) is 3.40. The van der Waals surface area contributed by atoms with Crippen molar-refractivity contribution >= 4 is 39.2 Å². The Morgan fingerprint density at radius 1 is 1.26 bits per heavy atom. The molecular weight excluding hydrogens is 364 g/mol. The molecule has 1 aliphatic rings. The third kappa shape index (κ3) is 2.49. The molecule has 3 aromatic heterocycles. The first-order chi connectivity index (χ1) is 13.0. The molecule has 1 saturated carbocycles. The minimum atomic E-state index is -0.0436. The molecular formula is C19H17ClN6O. The van der Waals surface area contributed by atoms with Crippen molar-refractivity contribution in [2.45, 2.75) is 32.4 Å². The van der Waals surface area contributed by atoms with Crippen LogP contribution < -0.4 is 11.3 Å². The van der Waals surface area contributed by atoms with Gasteiger partial charge in [0.05, 0.1) is 28.0 Å². The van der Waals surface area contributed by atoms with Gasteiger partial charge in [0.1, 0.15) is 12.1 Å². The van der Waals surface area contributed by atoms with Gasteiger partial charge in [0, 0.05) is 11.7 Å². The lowest BCUT2D eigenvalue weighted by atomic mass is 10.1. The minimum absolute atomic E-state index is 0.0436. The Labute approximate surface area is 159 Å². The number of aryl methyl sites for hydroxylation is 1. The highest BCUT2D eigenvalue weighted by atomic mass is 35.5. The lowest BCUT2D eigenvalue weighted by Gasteiger charge is -2.15. The van der Waals surface area contributed by atoms with E-state index >= 15 is 0 Å². The Morgan fingerprint density at radius 2 is 2.07 bits per heavy atom. The second-order valence-electron chi connectivity index (χ2n) is 6.95. The maximum Gasteiger partial charge on any atom is 0.260 e. The summed E-state index contributed by atoms with van der Waals surface area (Å²) in [6.45, 7) is 2.31. The van der Waals surface area contributed by atoms with Gasteiger partial charge < -0.3 is 10.3 Å². The molecule has 1 fully saturated rings. The lowest BCUT2D eigenvalue weighted by molar-refractivity contribution is 0.604. The van der Waals surface area contributed by atoms with Gasteiger partial charge in [-0.1, -0.05) is 23.7 Å². The highest BCUT2D eigenvalue weighted by Gasteiger charge is 2.28. The molecule has 3 heterocycles. The van der Waals surface area contributed by atoms with E-state index in [1.54, 1.807) is 10.7 Å². The van der Waals surface area contributed by atoms with Gasteiger partial charge in [-0.05, 0) is 37.3 Å². The number of hydrogen-bond acceptors (Lipinski definition) is 5. The third-order valence-corrected chi connectivity index (χ3v) is 5.38. The molecule has 1 aromatic carbocycles. The lowest BCUT2D eigenvalue weighted by Crippen LogP contribution is -2.24. The number of anilines is 1. The van der Waals surface area contributed by atoms with Crippen LogP contribution >= 0.6 is 11.6 Å². The fourth-order valence-corrected chi connectivity index (χ4v) is 3.98. The van der Waals surface area contributed by atoms with Gasteiger partial charge in [-0.25, -0.2) is 14.6 Å². The van der Waals surface area contributed by atoms with Crippen LogP contribution in [0.2, 0.25) is 5.02 Å². The fourth-order valence-electron chi connectivity index (χ4n) is 3.72. The fraction of sp³-hybridized carbons (Fsp3) is 0.263. The first-order valence-electron chi connectivity index (χ1n) is 8.81. The van der Waals surface area contributed by atoms with E-state index in [1.807, 2.05) is 29.7 Å². The summed E-state index contributed by atoms with van der Waals surface area (Å²) in [7, 11) is 0. The van der Waals surface area contributed by atoms with Crippen LogP contribution in [0.4, 0.5) is 5.82 Å². The van der Waals surface area contributed by atoms with Crippen molar-refractivity contribution in [2.75, 3.05) is 5.73 Å². The second-order valence-corrected chi connectivity index (χ2v) is 7.35. The molecule has 0 atom stereocenters. The smallest absolute Gasteiger partial charge is 0.260 e. The molecule has 5 rings (SSSR count). The Morgan fingerprint density at radius 3 is 2.85 bits per heavy atom. The summed E-state index contributed by atoms with van der Waals surface area (Å²) in [6, 6.07) is 7.77. The molecule has 0 aliphatic heterocycles. The normalized spacial score (nSPS) is 14.3. The Hall–Kier alpha value is -2.93. The van der Waals surface area contributed by atoms with Gasteiger partial charge in [-0.3, -0.25) is 4.79 Å². The van der Waals surface area contributed by atoms with Crippen LogP contribution in [0.1, 0.15) is 30.3 Å². The van der Waals surface area contributed by atoms with Gasteiger partial charge in [-0.2, -0.15) is 5.10 Å². The number of nitrogen functional groups attached to an aromatic ring is 1. The zero-order valence-electron chi connectivity index (χ0n) is 14.7. The monoisotopic (exact) mass is 380 g/mol. The van der Waals surface area contributed by atoms with Crippen LogP contribution in [0.15, 0.2) is 35.4 Å². The Kier molecular flexibility index (Phi) is 3.48. The van der Waals surface area contributed by atoms with Gasteiger partial charge in [0.15, 0.2) is 5.65 Å². The minimum Gasteiger partial charge on any atom is -0.383 e. The van der Waals surface area contributed by atoms with Crippen molar-refractivity contribution in [3.05, 3.63) is 57.4 Å². The summed E-state index contributed by atoms with van der Waals surface area (Å²) in [5.74, 6) is 0.411. The highest BCUT2D eigenvalue weighted by Crippen LogP contribution is 2.36. The second kappa shape index (κ2) is 5.79. The van der Waals surface area contributed by atoms with Crippen LogP contribution in [0.25, 0.3) is 21.8 Å². The number of benzene rings is 1. The quantitative estimate of drug-likeness (QED) is 0.589. The molecule has 0 bridgehead atoms. The molecule has 136 valence electrons. The summed E-state index contributed by atoms with van der Waals surface area (Å²) in [5.41, 5.74) is 8.28. The number of hydrogen-bond donors (Lipinski definition) is 1. The van der Waals surface area contributed by atoms with Crippen molar-refractivity contribution in [1.82, 2.24) is 24.3 Å². The molecule has 7 nitrogen and oxygen atoms in total. The van der Waals surface area contributed by atoms with Crippen molar-refractivity contribution in [2.24, 2.45) is 0 Å². The standard InChI is InChI=1S/C19H17ClN6O/c1-10-15-17(21)22-9-23-18(15)25(24-10)8-13-7-11-3-2-4-14(20)16(11)19(27)26(13)12-5-6-12/h2-4,7,9,12H,5-6,8H2,1H3,(H2,21,22,23). The first kappa shape index (κ1) is 16.3. The predicted molar refractivity (Wildman–Crippen MR) is 105 cm³/mol. The van der Waals surface area contributed by atoms with Gasteiger partial charge >= 0.3 is 0 Å². The van der Waals surface area contributed by atoms with Gasteiger partial charge in [-0.15, -0.1) is 0 Å². The summed E-state index contributed by atoms with van der Waals surface area (Å²) < 4.78 is 3.65. The molecule has 0 radical (unpaired) electrons. The zero-order chi connectivity index (χ0) is 18.7. The zero-order valence-corrected chi connectivity index (χ0v) is 15.4. The van der Waals surface area contributed by atoms with E-state index in [9.17, 15) is 4.79 Å². The van der Waals surface area contributed by atoms with Crippen LogP contribution in [0.5, 0.6) is 0 Å². The number of nitrogens with two attached hydrogens (primary N) is 1. The number of pyridine rings is 1. The topological polar surface area (TPSA) is 91.6 Å². The SMILES string of the molecule is Cc1nn(Cc2cc3cccc(Cl)c3c(=O)n2C2CC2)c2ncnc(N)c12. The molecule has 2 N–H and O–H groups in total. The van der Waals surface area contributed by atoms with E-state index in [0.29, 0.717) is 28.4 Å². The third-order valence-electron chi connectivity index (χ3n) is 5.07. The first-order valence-corrected chi connectivity index (χ1v) is 9.18. The van der Waals surface area contributed by atoms with Crippen molar-refractivity contribution in [3.8, 4) is 0 Å².